The Balaban J connectivity index is 2.74. The van der Waals surface area contributed by atoms with Gasteiger partial charge < -0.3 is 4.74 Å². The van der Waals surface area contributed by atoms with Gasteiger partial charge in [-0.15, -0.1) is 0 Å². The summed E-state index contributed by atoms with van der Waals surface area (Å²) in [7, 11) is 0. The SMILES string of the molecule is CC(C)(C)Oc1ccc(C(Br)Br)cc1. The van der Waals surface area contributed by atoms with Gasteiger partial charge in [0, 0.05) is 0 Å². The Bertz CT molecular complexity index is 285. The second kappa shape index (κ2) is 4.67. The van der Waals surface area contributed by atoms with Gasteiger partial charge in [0.1, 0.15) is 11.4 Å². The summed E-state index contributed by atoms with van der Waals surface area (Å²) in [6.45, 7) is 6.12. The first kappa shape index (κ1) is 12.1. The number of rotatable bonds is 2. The molecule has 1 nitrogen and oxygen atoms in total. The highest BCUT2D eigenvalue weighted by Crippen LogP contribution is 2.30. The zero-order valence-corrected chi connectivity index (χ0v) is 11.7. The number of hydrogen-bond donors (Lipinski definition) is 0. The van der Waals surface area contributed by atoms with Crippen molar-refractivity contribution in [2.45, 2.75) is 30.1 Å². The van der Waals surface area contributed by atoms with Gasteiger partial charge in [-0.2, -0.15) is 0 Å². The molecule has 0 aliphatic rings. The first-order valence-electron chi connectivity index (χ1n) is 4.45. The predicted molar refractivity (Wildman–Crippen MR) is 67.4 cm³/mol. The molecule has 1 rings (SSSR count). The molecule has 0 fully saturated rings. The van der Waals surface area contributed by atoms with Gasteiger partial charge in [-0.3, -0.25) is 0 Å². The van der Waals surface area contributed by atoms with Crippen LogP contribution in [0.15, 0.2) is 24.3 Å². The van der Waals surface area contributed by atoms with E-state index in [1.807, 2.05) is 45.0 Å². The van der Waals surface area contributed by atoms with Crippen molar-refractivity contribution in [3.05, 3.63) is 29.8 Å². The van der Waals surface area contributed by atoms with Gasteiger partial charge >= 0.3 is 0 Å². The molecule has 0 atom stereocenters. The average molecular weight is 322 g/mol. The van der Waals surface area contributed by atoms with Crippen LogP contribution in [-0.4, -0.2) is 5.60 Å². The third-order valence-electron chi connectivity index (χ3n) is 1.56. The van der Waals surface area contributed by atoms with Crippen molar-refractivity contribution in [1.29, 1.82) is 0 Å². The number of benzene rings is 1. The minimum atomic E-state index is -0.135. The first-order chi connectivity index (χ1) is 6.38. The molecule has 0 amide bonds. The lowest BCUT2D eigenvalue weighted by atomic mass is 10.2. The first-order valence-corrected chi connectivity index (χ1v) is 6.29. The highest BCUT2D eigenvalue weighted by molar-refractivity contribution is 9.24. The molecule has 0 bridgehead atoms. The van der Waals surface area contributed by atoms with Gasteiger partial charge in [-0.05, 0) is 38.5 Å². The molecule has 78 valence electrons. The normalized spacial score (nSPS) is 11.9. The van der Waals surface area contributed by atoms with Crippen LogP contribution < -0.4 is 4.74 Å². The molecular weight excluding hydrogens is 308 g/mol. The molecular formula is C11H14Br2O. The zero-order chi connectivity index (χ0) is 10.8. The van der Waals surface area contributed by atoms with E-state index >= 15 is 0 Å². The largest absolute Gasteiger partial charge is 0.488 e. The lowest BCUT2D eigenvalue weighted by molar-refractivity contribution is 0.131. The van der Waals surface area contributed by atoms with E-state index in [9.17, 15) is 0 Å². The van der Waals surface area contributed by atoms with Crippen LogP contribution in [-0.2, 0) is 0 Å². The quantitative estimate of drug-likeness (QED) is 0.720. The summed E-state index contributed by atoms with van der Waals surface area (Å²) in [6, 6.07) is 8.04. The molecule has 0 heterocycles. The van der Waals surface area contributed by atoms with E-state index in [4.69, 9.17) is 4.74 Å². The van der Waals surface area contributed by atoms with Crippen LogP contribution in [0.1, 0.15) is 30.1 Å². The third kappa shape index (κ3) is 4.01. The zero-order valence-electron chi connectivity index (χ0n) is 8.55. The van der Waals surface area contributed by atoms with E-state index < -0.39 is 0 Å². The van der Waals surface area contributed by atoms with E-state index in [1.165, 1.54) is 5.56 Å². The number of alkyl halides is 2. The minimum Gasteiger partial charge on any atom is -0.488 e. The van der Waals surface area contributed by atoms with Gasteiger partial charge in [0.25, 0.3) is 0 Å². The van der Waals surface area contributed by atoms with Crippen LogP contribution in [0.25, 0.3) is 0 Å². The highest BCUT2D eigenvalue weighted by Gasteiger charge is 2.11. The van der Waals surface area contributed by atoms with Crippen molar-refractivity contribution in [2.24, 2.45) is 0 Å². The Hall–Kier alpha value is -0.0200. The lowest BCUT2D eigenvalue weighted by Crippen LogP contribution is -2.22. The van der Waals surface area contributed by atoms with Crippen molar-refractivity contribution < 1.29 is 4.74 Å². The maximum atomic E-state index is 5.71. The van der Waals surface area contributed by atoms with E-state index in [2.05, 4.69) is 31.9 Å². The molecule has 3 heteroatoms. The molecule has 0 spiro atoms. The summed E-state index contributed by atoms with van der Waals surface area (Å²) >= 11 is 6.89. The Morgan fingerprint density at radius 3 is 1.93 bits per heavy atom. The molecule has 0 saturated heterocycles. The summed E-state index contributed by atoms with van der Waals surface area (Å²) < 4.78 is 5.91. The smallest absolute Gasteiger partial charge is 0.120 e. The van der Waals surface area contributed by atoms with Crippen LogP contribution in [0.3, 0.4) is 0 Å². The predicted octanol–water partition coefficient (Wildman–Crippen LogP) is 4.65. The van der Waals surface area contributed by atoms with Crippen LogP contribution in [0.2, 0.25) is 0 Å². The molecule has 1 aromatic carbocycles. The van der Waals surface area contributed by atoms with Crippen molar-refractivity contribution in [1.82, 2.24) is 0 Å². The van der Waals surface area contributed by atoms with Crippen LogP contribution in [0.5, 0.6) is 5.75 Å². The molecule has 0 aromatic heterocycles. The van der Waals surface area contributed by atoms with Crippen LogP contribution >= 0.6 is 31.9 Å². The summed E-state index contributed by atoms with van der Waals surface area (Å²) in [5.74, 6) is 0.905. The van der Waals surface area contributed by atoms with Gasteiger partial charge in [0.05, 0.1) is 3.74 Å². The van der Waals surface area contributed by atoms with Gasteiger partial charge in [0.15, 0.2) is 0 Å². The molecule has 0 saturated carbocycles. The Kier molecular flexibility index (Phi) is 4.02. The monoisotopic (exact) mass is 320 g/mol. The van der Waals surface area contributed by atoms with Crippen molar-refractivity contribution >= 4 is 31.9 Å². The molecule has 0 unspecified atom stereocenters. The fraction of sp³-hybridized carbons (Fsp3) is 0.455. The maximum Gasteiger partial charge on any atom is 0.120 e. The second-order valence-electron chi connectivity index (χ2n) is 4.08. The third-order valence-corrected chi connectivity index (χ3v) is 2.61. The second-order valence-corrected chi connectivity index (χ2v) is 7.14. The van der Waals surface area contributed by atoms with Crippen LogP contribution in [0.4, 0.5) is 0 Å². The summed E-state index contributed by atoms with van der Waals surface area (Å²) in [6.07, 6.45) is 0. The molecule has 0 N–H and O–H groups in total. The fourth-order valence-electron chi connectivity index (χ4n) is 1.03. The molecule has 0 aliphatic heterocycles. The van der Waals surface area contributed by atoms with Gasteiger partial charge in [-0.25, -0.2) is 0 Å². The number of ether oxygens (including phenoxy) is 1. The van der Waals surface area contributed by atoms with E-state index in [0.717, 1.165) is 5.75 Å². The highest BCUT2D eigenvalue weighted by atomic mass is 79.9. The van der Waals surface area contributed by atoms with Crippen molar-refractivity contribution in [3.63, 3.8) is 0 Å². The average Bonchev–Trinajstić information content (AvgIpc) is 2.02. The molecule has 14 heavy (non-hydrogen) atoms. The topological polar surface area (TPSA) is 9.23 Å². The summed E-state index contributed by atoms with van der Waals surface area (Å²) in [5, 5.41) is 0. The van der Waals surface area contributed by atoms with E-state index in [1.54, 1.807) is 0 Å². The Labute approximate surface area is 102 Å². The van der Waals surface area contributed by atoms with Crippen LogP contribution in [0, 0.1) is 0 Å². The maximum absolute atomic E-state index is 5.71. The van der Waals surface area contributed by atoms with Crippen molar-refractivity contribution in [3.8, 4) is 5.75 Å². The lowest BCUT2D eigenvalue weighted by Gasteiger charge is -2.21. The minimum absolute atomic E-state index is 0.135. The summed E-state index contributed by atoms with van der Waals surface area (Å²) in [4.78, 5) is 0. The Morgan fingerprint density at radius 1 is 1.07 bits per heavy atom. The summed E-state index contributed by atoms with van der Waals surface area (Å²) in [5.41, 5.74) is 1.05. The molecule has 0 radical (unpaired) electrons. The number of halogens is 2. The van der Waals surface area contributed by atoms with E-state index in [-0.39, 0.29) is 9.34 Å². The fourth-order valence-corrected chi connectivity index (χ4v) is 1.65. The number of hydrogen-bond acceptors (Lipinski definition) is 1. The Morgan fingerprint density at radius 2 is 1.57 bits per heavy atom. The van der Waals surface area contributed by atoms with Gasteiger partial charge in [0.2, 0.25) is 0 Å². The standard InChI is InChI=1S/C11H14Br2O/c1-11(2,3)14-9-6-4-8(5-7-9)10(12)13/h4-7,10H,1-3H3. The van der Waals surface area contributed by atoms with Gasteiger partial charge in [-0.1, -0.05) is 44.0 Å². The molecule has 0 aliphatic carbocycles. The van der Waals surface area contributed by atoms with E-state index in [0.29, 0.717) is 0 Å². The van der Waals surface area contributed by atoms with Crippen molar-refractivity contribution in [2.75, 3.05) is 0 Å². The molecule has 1 aromatic rings.